The van der Waals surface area contributed by atoms with Gasteiger partial charge in [-0.05, 0) is 33.1 Å². The highest BCUT2D eigenvalue weighted by atomic mass is 16.2. The van der Waals surface area contributed by atoms with Crippen molar-refractivity contribution >= 4 is 11.8 Å². The van der Waals surface area contributed by atoms with E-state index in [1.165, 1.54) is 0 Å². The van der Waals surface area contributed by atoms with Crippen LogP contribution in [-0.2, 0) is 9.59 Å². The minimum absolute atomic E-state index is 0.115. The van der Waals surface area contributed by atoms with Crippen molar-refractivity contribution in [2.75, 3.05) is 6.54 Å². The zero-order valence-electron chi connectivity index (χ0n) is 10.9. The van der Waals surface area contributed by atoms with Gasteiger partial charge in [-0.1, -0.05) is 6.92 Å². The molecule has 0 radical (unpaired) electrons. The van der Waals surface area contributed by atoms with Crippen LogP contribution in [0.3, 0.4) is 0 Å². The second-order valence-corrected chi connectivity index (χ2v) is 5.10. The van der Waals surface area contributed by atoms with Gasteiger partial charge < -0.3 is 16.4 Å². The fourth-order valence-corrected chi connectivity index (χ4v) is 1.39. The molecule has 0 aromatic rings. The fraction of sp³-hybridized carbons (Fsp3) is 0.833. The lowest BCUT2D eigenvalue weighted by atomic mass is 9.86. The zero-order chi connectivity index (χ0) is 13.1. The van der Waals surface area contributed by atoms with Crippen LogP contribution in [0.1, 0.15) is 40.0 Å². The third-order valence-corrected chi connectivity index (χ3v) is 3.44. The molecule has 0 aromatic heterocycles. The lowest BCUT2D eigenvalue weighted by Gasteiger charge is -2.26. The first-order chi connectivity index (χ1) is 7.92. The number of nitrogens with one attached hydrogen (secondary N) is 2. The molecule has 0 bridgehead atoms. The molecule has 0 heterocycles. The first-order valence-corrected chi connectivity index (χ1v) is 6.24. The number of carbonyl (C=O) groups is 2. The van der Waals surface area contributed by atoms with Crippen LogP contribution in [-0.4, -0.2) is 30.4 Å². The van der Waals surface area contributed by atoms with Crippen LogP contribution in [0, 0.1) is 5.41 Å². The Bertz CT molecular complexity index is 296. The molecule has 98 valence electrons. The van der Waals surface area contributed by atoms with Crippen LogP contribution >= 0.6 is 0 Å². The van der Waals surface area contributed by atoms with Gasteiger partial charge in [-0.15, -0.1) is 0 Å². The van der Waals surface area contributed by atoms with Crippen molar-refractivity contribution in [3.8, 4) is 0 Å². The molecule has 2 amide bonds. The highest BCUT2D eigenvalue weighted by molar-refractivity contribution is 5.90. The third kappa shape index (κ3) is 3.70. The number of carbonyl (C=O) groups excluding carboxylic acids is 2. The monoisotopic (exact) mass is 241 g/mol. The molecule has 17 heavy (non-hydrogen) atoms. The standard InChI is InChI=1S/C12H23N3O2/c1-4-12(3,7-13)11(17)14-8(2)10(16)15-9-5-6-9/h8-9H,4-7,13H2,1-3H3,(H,14,17)(H,15,16). The molecule has 4 N–H and O–H groups in total. The number of hydrogen-bond donors (Lipinski definition) is 3. The molecule has 5 nitrogen and oxygen atoms in total. The second-order valence-electron chi connectivity index (χ2n) is 5.10. The van der Waals surface area contributed by atoms with Gasteiger partial charge in [0.2, 0.25) is 11.8 Å². The fourth-order valence-electron chi connectivity index (χ4n) is 1.39. The van der Waals surface area contributed by atoms with Crippen molar-refractivity contribution in [2.24, 2.45) is 11.1 Å². The maximum Gasteiger partial charge on any atom is 0.242 e. The highest BCUT2D eigenvalue weighted by Crippen LogP contribution is 2.20. The summed E-state index contributed by atoms with van der Waals surface area (Å²) in [5.74, 6) is -0.266. The maximum atomic E-state index is 12.0. The molecule has 0 aliphatic heterocycles. The van der Waals surface area contributed by atoms with Crippen molar-refractivity contribution in [3.63, 3.8) is 0 Å². The number of rotatable bonds is 6. The van der Waals surface area contributed by atoms with Crippen molar-refractivity contribution < 1.29 is 9.59 Å². The Balaban J connectivity index is 2.45. The summed E-state index contributed by atoms with van der Waals surface area (Å²) in [5.41, 5.74) is 5.01. The van der Waals surface area contributed by atoms with E-state index in [-0.39, 0.29) is 18.4 Å². The molecule has 5 heteroatoms. The summed E-state index contributed by atoms with van der Waals surface area (Å²) in [4.78, 5) is 23.6. The Morgan fingerprint density at radius 3 is 2.47 bits per heavy atom. The van der Waals surface area contributed by atoms with E-state index in [2.05, 4.69) is 10.6 Å². The van der Waals surface area contributed by atoms with Gasteiger partial charge >= 0.3 is 0 Å². The molecule has 1 saturated carbocycles. The zero-order valence-corrected chi connectivity index (χ0v) is 10.9. The molecule has 0 spiro atoms. The largest absolute Gasteiger partial charge is 0.352 e. The van der Waals surface area contributed by atoms with Crippen molar-refractivity contribution in [1.82, 2.24) is 10.6 Å². The summed E-state index contributed by atoms with van der Waals surface area (Å²) in [6.07, 6.45) is 2.75. The van der Waals surface area contributed by atoms with Gasteiger partial charge in [0.05, 0.1) is 5.41 Å². The van der Waals surface area contributed by atoms with Gasteiger partial charge in [0.25, 0.3) is 0 Å². The molecular weight excluding hydrogens is 218 g/mol. The van der Waals surface area contributed by atoms with E-state index in [4.69, 9.17) is 5.73 Å². The molecule has 2 atom stereocenters. The van der Waals surface area contributed by atoms with Gasteiger partial charge in [-0.3, -0.25) is 9.59 Å². The lowest BCUT2D eigenvalue weighted by molar-refractivity contribution is -0.134. The minimum atomic E-state index is -0.589. The Kier molecular flexibility index (Phi) is 4.51. The molecule has 0 saturated heterocycles. The SMILES string of the molecule is CCC(C)(CN)C(=O)NC(C)C(=O)NC1CC1. The van der Waals surface area contributed by atoms with E-state index in [0.717, 1.165) is 12.8 Å². The predicted octanol–water partition coefficient (Wildman–Crippen LogP) is 0.145. The summed E-state index contributed by atoms with van der Waals surface area (Å²) in [6.45, 7) is 5.71. The van der Waals surface area contributed by atoms with Crippen LogP contribution < -0.4 is 16.4 Å². The van der Waals surface area contributed by atoms with Crippen molar-refractivity contribution in [2.45, 2.75) is 52.1 Å². The first-order valence-electron chi connectivity index (χ1n) is 6.24. The summed E-state index contributed by atoms with van der Waals surface area (Å²) >= 11 is 0. The maximum absolute atomic E-state index is 12.0. The molecule has 1 fully saturated rings. The second kappa shape index (κ2) is 5.49. The minimum Gasteiger partial charge on any atom is -0.352 e. The molecule has 1 rings (SSSR count). The van der Waals surface area contributed by atoms with E-state index >= 15 is 0 Å². The Hall–Kier alpha value is -1.10. The topological polar surface area (TPSA) is 84.2 Å². The van der Waals surface area contributed by atoms with Gasteiger partial charge in [-0.25, -0.2) is 0 Å². The van der Waals surface area contributed by atoms with Crippen LogP contribution in [0.25, 0.3) is 0 Å². The smallest absolute Gasteiger partial charge is 0.242 e. The molecule has 1 aliphatic rings. The number of amides is 2. The molecule has 2 unspecified atom stereocenters. The van der Waals surface area contributed by atoms with E-state index in [0.29, 0.717) is 12.5 Å². The molecular formula is C12H23N3O2. The van der Waals surface area contributed by atoms with E-state index in [1.807, 2.05) is 13.8 Å². The molecule has 0 aromatic carbocycles. The van der Waals surface area contributed by atoms with Crippen molar-refractivity contribution in [3.05, 3.63) is 0 Å². The van der Waals surface area contributed by atoms with E-state index < -0.39 is 11.5 Å². The van der Waals surface area contributed by atoms with Gasteiger partial charge in [0, 0.05) is 12.6 Å². The van der Waals surface area contributed by atoms with E-state index in [9.17, 15) is 9.59 Å². The number of hydrogen-bond acceptors (Lipinski definition) is 3. The predicted molar refractivity (Wildman–Crippen MR) is 66.2 cm³/mol. The van der Waals surface area contributed by atoms with Gasteiger partial charge in [0.1, 0.15) is 6.04 Å². The lowest BCUT2D eigenvalue weighted by Crippen LogP contribution is -2.51. The summed E-state index contributed by atoms with van der Waals surface area (Å²) in [6, 6.07) is -0.186. The average Bonchev–Trinajstić information content (AvgIpc) is 3.11. The van der Waals surface area contributed by atoms with Crippen molar-refractivity contribution in [1.29, 1.82) is 0 Å². The Labute approximate surface area is 103 Å². The Morgan fingerprint density at radius 1 is 1.47 bits per heavy atom. The van der Waals surface area contributed by atoms with Crippen LogP contribution in [0.15, 0.2) is 0 Å². The summed E-state index contributed by atoms with van der Waals surface area (Å²) in [5, 5.41) is 5.59. The molecule has 1 aliphatic carbocycles. The summed E-state index contributed by atoms with van der Waals surface area (Å²) < 4.78 is 0. The van der Waals surface area contributed by atoms with Crippen LogP contribution in [0.4, 0.5) is 0 Å². The highest BCUT2D eigenvalue weighted by Gasteiger charge is 2.32. The van der Waals surface area contributed by atoms with Gasteiger partial charge in [0.15, 0.2) is 0 Å². The quantitative estimate of drug-likeness (QED) is 0.618. The van der Waals surface area contributed by atoms with E-state index in [1.54, 1.807) is 6.92 Å². The Morgan fingerprint density at radius 2 is 2.06 bits per heavy atom. The third-order valence-electron chi connectivity index (χ3n) is 3.44. The number of nitrogens with two attached hydrogens (primary N) is 1. The first kappa shape index (κ1) is 14.0. The normalized spacial score (nSPS) is 20.2. The van der Waals surface area contributed by atoms with Crippen LogP contribution in [0.5, 0.6) is 0 Å². The van der Waals surface area contributed by atoms with Crippen LogP contribution in [0.2, 0.25) is 0 Å². The van der Waals surface area contributed by atoms with Gasteiger partial charge in [-0.2, -0.15) is 0 Å². The average molecular weight is 241 g/mol. The summed E-state index contributed by atoms with van der Waals surface area (Å²) in [7, 11) is 0.